The number of rotatable bonds is 7. The van der Waals surface area contributed by atoms with Crippen molar-refractivity contribution >= 4 is 22.9 Å². The first kappa shape index (κ1) is 17.5. The van der Waals surface area contributed by atoms with E-state index in [2.05, 4.69) is 10.3 Å². The molecule has 3 rings (SSSR count). The number of thiazole rings is 1. The molecule has 1 amide bonds. The number of carbonyl (C=O) groups excluding carboxylic acids is 1. The van der Waals surface area contributed by atoms with Gasteiger partial charge >= 0.3 is 0 Å². The summed E-state index contributed by atoms with van der Waals surface area (Å²) < 4.78 is 11.2. The fraction of sp³-hybridized carbons (Fsp3) is 0.105. The Morgan fingerprint density at radius 3 is 2.65 bits per heavy atom. The van der Waals surface area contributed by atoms with Crippen molar-refractivity contribution < 1.29 is 14.3 Å². The van der Waals surface area contributed by atoms with Gasteiger partial charge in [0.2, 0.25) is 0 Å². The van der Waals surface area contributed by atoms with Crippen molar-refractivity contribution in [2.75, 3.05) is 11.9 Å². The van der Waals surface area contributed by atoms with Gasteiger partial charge in [-0.05, 0) is 24.3 Å². The highest BCUT2D eigenvalue weighted by atomic mass is 32.1. The number of amides is 1. The highest BCUT2D eigenvalue weighted by Crippen LogP contribution is 2.25. The Hall–Kier alpha value is -3.37. The third-order valence-corrected chi connectivity index (χ3v) is 4.02. The second-order valence-electron chi connectivity index (χ2n) is 5.21. The summed E-state index contributed by atoms with van der Waals surface area (Å²) >= 11 is 1.50. The average molecular weight is 365 g/mol. The largest absolute Gasteiger partial charge is 0.485 e. The lowest BCUT2D eigenvalue weighted by Gasteiger charge is -2.12. The van der Waals surface area contributed by atoms with Gasteiger partial charge in [0.1, 0.15) is 24.2 Å². The van der Waals surface area contributed by atoms with E-state index in [1.54, 1.807) is 48.0 Å². The second kappa shape index (κ2) is 8.65. The fourth-order valence-electron chi connectivity index (χ4n) is 2.17. The van der Waals surface area contributed by atoms with Gasteiger partial charge in [-0.15, -0.1) is 11.3 Å². The molecule has 130 valence electrons. The number of hydrogen-bond donors (Lipinski definition) is 1. The van der Waals surface area contributed by atoms with Crippen molar-refractivity contribution in [1.29, 1.82) is 5.26 Å². The summed E-state index contributed by atoms with van der Waals surface area (Å²) in [6, 6.07) is 15.9. The van der Waals surface area contributed by atoms with Gasteiger partial charge in [-0.25, -0.2) is 4.98 Å². The van der Waals surface area contributed by atoms with Crippen LogP contribution in [-0.4, -0.2) is 17.5 Å². The molecule has 0 aliphatic heterocycles. The summed E-state index contributed by atoms with van der Waals surface area (Å²) in [6.07, 6.45) is 0. The summed E-state index contributed by atoms with van der Waals surface area (Å²) in [7, 11) is 0. The van der Waals surface area contributed by atoms with Gasteiger partial charge in [0.05, 0.1) is 22.5 Å². The Kier molecular flexibility index (Phi) is 5.80. The van der Waals surface area contributed by atoms with Crippen LogP contribution in [0.5, 0.6) is 11.5 Å². The van der Waals surface area contributed by atoms with E-state index in [4.69, 9.17) is 14.7 Å². The second-order valence-corrected chi connectivity index (χ2v) is 5.93. The van der Waals surface area contributed by atoms with Crippen molar-refractivity contribution in [2.45, 2.75) is 6.61 Å². The van der Waals surface area contributed by atoms with Crippen LogP contribution in [0.25, 0.3) is 0 Å². The molecular formula is C19H15N3O3S. The van der Waals surface area contributed by atoms with Gasteiger partial charge in [-0.1, -0.05) is 24.3 Å². The molecule has 0 aliphatic carbocycles. The van der Waals surface area contributed by atoms with Gasteiger partial charge in [-0.3, -0.25) is 4.79 Å². The van der Waals surface area contributed by atoms with Crippen LogP contribution in [-0.2, 0) is 11.4 Å². The van der Waals surface area contributed by atoms with Crippen molar-refractivity contribution in [3.05, 3.63) is 70.7 Å². The predicted molar refractivity (Wildman–Crippen MR) is 98.2 cm³/mol. The number of nitrogens with zero attached hydrogens (tertiary/aromatic N) is 2. The van der Waals surface area contributed by atoms with Gasteiger partial charge in [-0.2, -0.15) is 5.26 Å². The predicted octanol–water partition coefficient (Wildman–Crippen LogP) is 3.61. The van der Waals surface area contributed by atoms with E-state index in [1.165, 1.54) is 11.3 Å². The van der Waals surface area contributed by atoms with Crippen molar-refractivity contribution in [3.63, 3.8) is 0 Å². The fourth-order valence-corrected chi connectivity index (χ4v) is 2.71. The normalized spacial score (nSPS) is 9.96. The van der Waals surface area contributed by atoms with Gasteiger partial charge < -0.3 is 14.8 Å². The molecule has 26 heavy (non-hydrogen) atoms. The van der Waals surface area contributed by atoms with Crippen molar-refractivity contribution in [2.24, 2.45) is 0 Å². The van der Waals surface area contributed by atoms with E-state index >= 15 is 0 Å². The van der Waals surface area contributed by atoms with Crippen LogP contribution in [0.3, 0.4) is 0 Å². The summed E-state index contributed by atoms with van der Waals surface area (Å²) in [5.41, 5.74) is 3.49. The molecule has 1 N–H and O–H groups in total. The van der Waals surface area contributed by atoms with Crippen LogP contribution < -0.4 is 14.8 Å². The Labute approximate surface area is 154 Å². The molecule has 0 saturated heterocycles. The number of anilines is 1. The smallest absolute Gasteiger partial charge is 0.262 e. The zero-order chi connectivity index (χ0) is 18.2. The van der Waals surface area contributed by atoms with Crippen LogP contribution >= 0.6 is 11.3 Å². The van der Waals surface area contributed by atoms with Crippen LogP contribution in [0.2, 0.25) is 0 Å². The standard InChI is InChI=1S/C19H15N3O3S/c20-9-14-5-1-3-7-17(14)25-11-19(23)22-16-6-2-4-8-18(16)24-10-15-12-26-13-21-15/h1-8,12-13H,10-11H2,(H,22,23). The lowest BCUT2D eigenvalue weighted by molar-refractivity contribution is -0.118. The highest BCUT2D eigenvalue weighted by molar-refractivity contribution is 7.07. The van der Waals surface area contributed by atoms with E-state index < -0.39 is 0 Å². The van der Waals surface area contributed by atoms with E-state index in [-0.39, 0.29) is 12.5 Å². The molecule has 1 aromatic heterocycles. The van der Waals surface area contributed by atoms with Crippen LogP contribution in [0.4, 0.5) is 5.69 Å². The first-order valence-corrected chi connectivity index (χ1v) is 8.71. The number of hydrogen-bond acceptors (Lipinski definition) is 6. The first-order valence-electron chi connectivity index (χ1n) is 7.77. The maximum Gasteiger partial charge on any atom is 0.262 e. The molecule has 2 aromatic carbocycles. The summed E-state index contributed by atoms with van der Waals surface area (Å²) in [5, 5.41) is 13.7. The molecule has 0 unspecified atom stereocenters. The third-order valence-electron chi connectivity index (χ3n) is 3.39. The topological polar surface area (TPSA) is 84.2 Å². The molecule has 7 heteroatoms. The molecule has 6 nitrogen and oxygen atoms in total. The monoisotopic (exact) mass is 365 g/mol. The molecule has 0 spiro atoms. The quantitative estimate of drug-likeness (QED) is 0.691. The number of para-hydroxylation sites is 3. The molecule has 3 aromatic rings. The number of ether oxygens (including phenoxy) is 2. The van der Waals surface area contributed by atoms with Crippen molar-refractivity contribution in [1.82, 2.24) is 4.98 Å². The lowest BCUT2D eigenvalue weighted by atomic mass is 10.2. The summed E-state index contributed by atoms with van der Waals surface area (Å²) in [5.74, 6) is 0.576. The number of carbonyl (C=O) groups is 1. The van der Waals surface area contributed by atoms with E-state index in [1.807, 2.05) is 17.5 Å². The van der Waals surface area contributed by atoms with E-state index in [0.717, 1.165) is 5.69 Å². The number of aromatic nitrogens is 1. The zero-order valence-electron chi connectivity index (χ0n) is 13.7. The molecule has 0 aliphatic rings. The molecule has 0 fully saturated rings. The molecule has 0 saturated carbocycles. The van der Waals surface area contributed by atoms with Crippen LogP contribution in [0.15, 0.2) is 59.4 Å². The van der Waals surface area contributed by atoms with Gasteiger partial charge in [0, 0.05) is 5.38 Å². The maximum atomic E-state index is 12.2. The highest BCUT2D eigenvalue weighted by Gasteiger charge is 2.10. The van der Waals surface area contributed by atoms with Crippen LogP contribution in [0.1, 0.15) is 11.3 Å². The zero-order valence-corrected chi connectivity index (χ0v) is 14.5. The maximum absolute atomic E-state index is 12.2. The van der Waals surface area contributed by atoms with Gasteiger partial charge in [0.25, 0.3) is 5.91 Å². The number of nitriles is 1. The van der Waals surface area contributed by atoms with Crippen molar-refractivity contribution in [3.8, 4) is 17.6 Å². The molecular weight excluding hydrogens is 350 g/mol. The van der Waals surface area contributed by atoms with E-state index in [0.29, 0.717) is 29.4 Å². The molecule has 0 bridgehead atoms. The number of benzene rings is 2. The number of nitrogens with one attached hydrogen (secondary N) is 1. The Balaban J connectivity index is 1.59. The van der Waals surface area contributed by atoms with Gasteiger partial charge in [0.15, 0.2) is 6.61 Å². The Morgan fingerprint density at radius 1 is 1.12 bits per heavy atom. The van der Waals surface area contributed by atoms with Crippen LogP contribution in [0, 0.1) is 11.3 Å². The lowest BCUT2D eigenvalue weighted by Crippen LogP contribution is -2.20. The molecule has 0 radical (unpaired) electrons. The minimum absolute atomic E-state index is 0.209. The Bertz CT molecular complexity index is 920. The van der Waals surface area contributed by atoms with E-state index in [9.17, 15) is 4.79 Å². The minimum Gasteiger partial charge on any atom is -0.485 e. The SMILES string of the molecule is N#Cc1ccccc1OCC(=O)Nc1ccccc1OCc1cscn1. The first-order chi connectivity index (χ1) is 12.8. The molecule has 1 heterocycles. The summed E-state index contributed by atoms with van der Waals surface area (Å²) in [6.45, 7) is 0.113. The average Bonchev–Trinajstić information content (AvgIpc) is 3.19. The third kappa shape index (κ3) is 4.59. The summed E-state index contributed by atoms with van der Waals surface area (Å²) in [4.78, 5) is 16.3. The minimum atomic E-state index is -0.345. The molecule has 0 atom stereocenters. The Morgan fingerprint density at radius 2 is 1.88 bits per heavy atom.